The molecule has 0 bridgehead atoms. The molecule has 4 rings (SSSR count). The van der Waals surface area contributed by atoms with E-state index in [4.69, 9.17) is 0 Å². The summed E-state index contributed by atoms with van der Waals surface area (Å²) in [6.07, 6.45) is 6.10. The summed E-state index contributed by atoms with van der Waals surface area (Å²) in [6, 6.07) is 3.43. The lowest BCUT2D eigenvalue weighted by Gasteiger charge is -2.18. The van der Waals surface area contributed by atoms with Gasteiger partial charge in [-0.25, -0.2) is 9.37 Å². The van der Waals surface area contributed by atoms with Gasteiger partial charge < -0.3 is 4.98 Å². The molecule has 0 saturated heterocycles. The zero-order valence-electron chi connectivity index (χ0n) is 15.1. The Labute approximate surface area is 151 Å². The third kappa shape index (κ3) is 3.88. The number of benzene rings is 1. The van der Waals surface area contributed by atoms with Crippen molar-refractivity contribution in [3.63, 3.8) is 0 Å². The predicted octanol–water partition coefficient (Wildman–Crippen LogP) is 4.44. The molecule has 2 heterocycles. The number of hydrogen-bond acceptors (Lipinski definition) is 4. The van der Waals surface area contributed by atoms with Crippen molar-refractivity contribution in [1.82, 2.24) is 24.5 Å². The molecule has 0 radical (unpaired) electrons. The minimum atomic E-state index is -0.264. The Morgan fingerprint density at radius 2 is 2.08 bits per heavy atom. The number of fused-ring (bicyclic) bond motifs is 1. The van der Waals surface area contributed by atoms with Crippen LogP contribution in [0.5, 0.6) is 0 Å². The van der Waals surface area contributed by atoms with Crippen molar-refractivity contribution in [1.29, 1.82) is 0 Å². The Balaban J connectivity index is 0.000000314. The minimum absolute atomic E-state index is 0.264. The molecule has 1 aliphatic carbocycles. The van der Waals surface area contributed by atoms with Gasteiger partial charge in [0.1, 0.15) is 12.1 Å². The fourth-order valence-electron chi connectivity index (χ4n) is 2.89. The molecule has 134 valence electrons. The second kappa shape index (κ2) is 7.58. The highest BCUT2D eigenvalue weighted by Gasteiger charge is 2.17. The van der Waals surface area contributed by atoms with Crippen LogP contribution in [-0.4, -0.2) is 26.8 Å². The highest BCUT2D eigenvalue weighted by molar-refractivity contribution is 7.97. The summed E-state index contributed by atoms with van der Waals surface area (Å²) >= 11 is 1.41. The van der Waals surface area contributed by atoms with E-state index in [9.17, 15) is 4.39 Å². The van der Waals surface area contributed by atoms with Gasteiger partial charge in [0.2, 0.25) is 0 Å². The summed E-state index contributed by atoms with van der Waals surface area (Å²) in [5.41, 5.74) is 2.17. The van der Waals surface area contributed by atoms with Crippen molar-refractivity contribution in [2.24, 2.45) is 13.0 Å². The van der Waals surface area contributed by atoms with E-state index in [0.717, 1.165) is 27.5 Å². The van der Waals surface area contributed by atoms with Crippen LogP contribution >= 0.6 is 11.9 Å². The van der Waals surface area contributed by atoms with Crippen LogP contribution in [0.15, 0.2) is 23.5 Å². The number of aromatic amines is 1. The number of nitrogens with one attached hydrogen (secondary N) is 2. The van der Waals surface area contributed by atoms with Crippen LogP contribution in [0.2, 0.25) is 0 Å². The van der Waals surface area contributed by atoms with E-state index in [-0.39, 0.29) is 5.82 Å². The first-order valence-electron chi connectivity index (χ1n) is 8.51. The van der Waals surface area contributed by atoms with E-state index >= 15 is 0 Å². The first kappa shape index (κ1) is 17.9. The lowest BCUT2D eigenvalue weighted by Crippen LogP contribution is -2.04. The molecule has 0 amide bonds. The predicted molar refractivity (Wildman–Crippen MR) is 101 cm³/mol. The lowest BCUT2D eigenvalue weighted by atomic mass is 9.88. The van der Waals surface area contributed by atoms with Crippen molar-refractivity contribution >= 4 is 22.9 Å². The normalized spacial score (nSPS) is 14.3. The van der Waals surface area contributed by atoms with E-state index in [1.807, 2.05) is 27.1 Å². The number of rotatable bonds is 3. The van der Waals surface area contributed by atoms with Crippen LogP contribution in [-0.2, 0) is 7.05 Å². The molecular weight excluding hydrogens is 337 g/mol. The van der Waals surface area contributed by atoms with Crippen molar-refractivity contribution < 1.29 is 4.39 Å². The molecule has 1 fully saturated rings. The Hall–Kier alpha value is -1.86. The molecule has 0 aliphatic heterocycles. The van der Waals surface area contributed by atoms with Gasteiger partial charge in [-0.15, -0.1) is 0 Å². The fraction of sp³-hybridized carbons (Fsp3) is 0.444. The SMILES string of the molecule is CC1CCC1.CNSc1cc2c(-c3ncn(C)n3)c(C)cc(F)c2[nH]1. The number of aromatic nitrogens is 4. The van der Waals surface area contributed by atoms with Crippen LogP contribution in [0.4, 0.5) is 4.39 Å². The van der Waals surface area contributed by atoms with Gasteiger partial charge in [-0.2, -0.15) is 5.10 Å². The van der Waals surface area contributed by atoms with E-state index in [1.54, 1.807) is 11.0 Å². The summed E-state index contributed by atoms with van der Waals surface area (Å²) in [6.45, 7) is 4.18. The van der Waals surface area contributed by atoms with Crippen LogP contribution in [0.25, 0.3) is 22.3 Å². The van der Waals surface area contributed by atoms with Gasteiger partial charge >= 0.3 is 0 Å². The zero-order chi connectivity index (χ0) is 18.0. The maximum Gasteiger partial charge on any atom is 0.182 e. The zero-order valence-corrected chi connectivity index (χ0v) is 15.9. The molecule has 7 heteroatoms. The first-order valence-corrected chi connectivity index (χ1v) is 9.32. The first-order chi connectivity index (χ1) is 12.0. The molecule has 1 saturated carbocycles. The second-order valence-corrected chi connectivity index (χ2v) is 7.61. The average molecular weight is 361 g/mol. The van der Waals surface area contributed by atoms with Crippen molar-refractivity contribution in [3.8, 4) is 11.4 Å². The Morgan fingerprint density at radius 1 is 1.36 bits per heavy atom. The highest BCUT2D eigenvalue weighted by atomic mass is 32.2. The Morgan fingerprint density at radius 3 is 2.60 bits per heavy atom. The van der Waals surface area contributed by atoms with Crippen molar-refractivity contribution in [2.45, 2.75) is 38.1 Å². The summed E-state index contributed by atoms with van der Waals surface area (Å²) in [4.78, 5) is 7.35. The molecule has 0 unspecified atom stereocenters. The molecule has 0 atom stereocenters. The molecule has 1 aromatic carbocycles. The quantitative estimate of drug-likeness (QED) is 0.677. The Kier molecular flexibility index (Phi) is 5.44. The summed E-state index contributed by atoms with van der Waals surface area (Å²) in [5.74, 6) is 1.41. The van der Waals surface area contributed by atoms with E-state index in [1.165, 1.54) is 37.3 Å². The molecule has 2 N–H and O–H groups in total. The molecule has 3 aromatic rings. The highest BCUT2D eigenvalue weighted by Crippen LogP contribution is 2.34. The largest absolute Gasteiger partial charge is 0.346 e. The van der Waals surface area contributed by atoms with Crippen molar-refractivity contribution in [2.75, 3.05) is 7.05 Å². The summed E-state index contributed by atoms with van der Waals surface area (Å²) in [5, 5.41) is 5.97. The van der Waals surface area contributed by atoms with Gasteiger partial charge in [0.25, 0.3) is 0 Å². The monoisotopic (exact) mass is 361 g/mol. The van der Waals surface area contributed by atoms with Crippen LogP contribution < -0.4 is 4.72 Å². The van der Waals surface area contributed by atoms with E-state index in [0.29, 0.717) is 11.3 Å². The number of hydrogen-bond donors (Lipinski definition) is 2. The topological polar surface area (TPSA) is 58.5 Å². The van der Waals surface area contributed by atoms with Gasteiger partial charge in [0.15, 0.2) is 5.82 Å². The van der Waals surface area contributed by atoms with Gasteiger partial charge in [-0.3, -0.25) is 9.40 Å². The summed E-state index contributed by atoms with van der Waals surface area (Å²) in [7, 11) is 3.63. The molecule has 1 aliphatic rings. The van der Waals surface area contributed by atoms with Crippen molar-refractivity contribution in [3.05, 3.63) is 29.8 Å². The van der Waals surface area contributed by atoms with E-state index in [2.05, 4.69) is 26.7 Å². The second-order valence-electron chi connectivity index (χ2n) is 6.56. The maximum absolute atomic E-state index is 14.1. The number of nitrogens with zero attached hydrogens (tertiary/aromatic N) is 3. The number of halogens is 1. The van der Waals surface area contributed by atoms with Crippen LogP contribution in [0.1, 0.15) is 31.7 Å². The van der Waals surface area contributed by atoms with Gasteiger partial charge in [0, 0.05) is 18.0 Å². The third-order valence-electron chi connectivity index (χ3n) is 4.47. The molecule has 0 spiro atoms. The maximum atomic E-state index is 14.1. The van der Waals surface area contributed by atoms with Crippen LogP contribution in [0.3, 0.4) is 0 Å². The minimum Gasteiger partial charge on any atom is -0.346 e. The van der Waals surface area contributed by atoms with Gasteiger partial charge in [-0.1, -0.05) is 26.2 Å². The van der Waals surface area contributed by atoms with Gasteiger partial charge in [-0.05, 0) is 49.5 Å². The average Bonchev–Trinajstić information content (AvgIpc) is 3.13. The smallest absolute Gasteiger partial charge is 0.182 e. The standard InChI is InChI=1S/C13H14FN5S.C5H10/c1-7-4-9(14)12-8(5-10(17-12)20-15-2)11(7)13-16-6-19(3)18-13;1-5-3-2-4-5/h4-6,15,17H,1-3H3;5H,2-4H2,1H3. The fourth-order valence-corrected chi connectivity index (χ4v) is 3.44. The van der Waals surface area contributed by atoms with E-state index < -0.39 is 0 Å². The molecule has 2 aromatic heterocycles. The summed E-state index contributed by atoms with van der Waals surface area (Å²) < 4.78 is 18.7. The molecular formula is C18H24FN5S. The van der Waals surface area contributed by atoms with Gasteiger partial charge in [0.05, 0.1) is 10.5 Å². The Bertz CT molecular complexity index is 866. The number of H-pyrrole nitrogens is 1. The van der Waals surface area contributed by atoms with Crippen LogP contribution in [0, 0.1) is 18.7 Å². The molecule has 5 nitrogen and oxygen atoms in total. The molecule has 25 heavy (non-hydrogen) atoms. The third-order valence-corrected chi connectivity index (χ3v) is 5.11. The lowest BCUT2D eigenvalue weighted by molar-refractivity contribution is 0.346. The number of aryl methyl sites for hydroxylation is 2.